The zero-order valence-electron chi connectivity index (χ0n) is 47.0. The van der Waals surface area contributed by atoms with Crippen LogP contribution in [0.25, 0.3) is 11.1 Å². The maximum absolute atomic E-state index is 15.4. The molecule has 11 N–H and O–H groups in total. The standard InChI is InChI=1S/C55H77F2N9O17/c1-35(68)61-31-48(72)59-18-21-81-23-25-83-27-26-82-24-22-80-20-16-47(71)63-43(30-45(58)69)53(77)64-41(52(76)60-17-14-46(70)62-42(54(78)79)12-13-50(74)75)15-19-66(49(73)34-67)51(55(2,3)4)44-28-37(39-29-38(56)10-11-40(39)57)33-65(44)32-36-8-6-5-7-9-36/h5-11,28-29,33,41-43,51,67H,12-27,30-32,34H2,1-4H3,(H2,58,69)(H,59,72)(H,60,76)(H,61,68)(H,62,70)(H,63,71)(H,64,77)(H,74,75)(H,78,79)/t41-,42+,43-,51-/m0/s1. The molecular formula is C55H77F2N9O17. The van der Waals surface area contributed by atoms with E-state index in [9.17, 15) is 62.5 Å². The fourth-order valence-electron chi connectivity index (χ4n) is 8.26. The number of halogens is 2. The Hall–Kier alpha value is -7.92. The third-order valence-electron chi connectivity index (χ3n) is 12.2. The quantitative estimate of drug-likeness (QED) is 0.0342. The topological polar surface area (TPSA) is 375 Å². The van der Waals surface area contributed by atoms with E-state index in [1.807, 2.05) is 18.2 Å². The van der Waals surface area contributed by atoms with Crippen molar-refractivity contribution in [3.05, 3.63) is 83.7 Å². The van der Waals surface area contributed by atoms with Crippen LogP contribution in [0.3, 0.4) is 0 Å². The van der Waals surface area contributed by atoms with Gasteiger partial charge in [0.15, 0.2) is 0 Å². The van der Waals surface area contributed by atoms with Crippen LogP contribution in [-0.4, -0.2) is 188 Å². The maximum atomic E-state index is 15.4. The molecule has 4 atom stereocenters. The molecule has 8 amide bonds. The molecule has 0 bridgehead atoms. The summed E-state index contributed by atoms with van der Waals surface area (Å²) >= 11 is 0. The summed E-state index contributed by atoms with van der Waals surface area (Å²) in [6.07, 6.45) is -1.40. The van der Waals surface area contributed by atoms with Gasteiger partial charge in [-0.1, -0.05) is 51.1 Å². The Balaban J connectivity index is 1.77. The number of aliphatic hydroxyl groups is 1. The number of carboxylic acids is 2. The van der Waals surface area contributed by atoms with E-state index in [2.05, 4.69) is 31.9 Å². The Kier molecular flexibility index (Phi) is 30.5. The van der Waals surface area contributed by atoms with Gasteiger partial charge in [-0.2, -0.15) is 0 Å². The molecule has 28 heteroatoms. The number of amides is 8. The zero-order chi connectivity index (χ0) is 61.5. The first kappa shape index (κ1) is 69.3. The Bertz CT molecular complexity index is 2640. The largest absolute Gasteiger partial charge is 0.481 e. The molecule has 0 radical (unpaired) electrons. The lowest BCUT2D eigenvalue weighted by atomic mass is 9.82. The van der Waals surface area contributed by atoms with Gasteiger partial charge in [0.05, 0.1) is 71.9 Å². The number of nitrogens with one attached hydrogen (secondary N) is 6. The summed E-state index contributed by atoms with van der Waals surface area (Å²) in [5, 5.41) is 43.5. The van der Waals surface area contributed by atoms with Gasteiger partial charge in [-0.3, -0.25) is 43.2 Å². The number of benzene rings is 2. The molecule has 0 aliphatic heterocycles. The van der Waals surface area contributed by atoms with Gasteiger partial charge >= 0.3 is 11.9 Å². The van der Waals surface area contributed by atoms with E-state index >= 15 is 4.39 Å². The van der Waals surface area contributed by atoms with Crippen LogP contribution >= 0.6 is 0 Å². The van der Waals surface area contributed by atoms with Crippen LogP contribution in [0.5, 0.6) is 0 Å². The summed E-state index contributed by atoms with van der Waals surface area (Å²) in [5.74, 6) is -10.4. The van der Waals surface area contributed by atoms with E-state index in [0.29, 0.717) is 5.69 Å². The number of aliphatic carboxylic acids is 2. The normalized spacial score (nSPS) is 12.7. The lowest BCUT2D eigenvalue weighted by Crippen LogP contribution is -2.56. The number of primary amides is 1. The summed E-state index contributed by atoms with van der Waals surface area (Å²) in [5.41, 5.74) is 5.96. The van der Waals surface area contributed by atoms with E-state index in [-0.39, 0.29) is 102 Å². The smallest absolute Gasteiger partial charge is 0.326 e. The number of nitrogens with two attached hydrogens (primary N) is 1. The second kappa shape index (κ2) is 36.5. The van der Waals surface area contributed by atoms with E-state index in [0.717, 1.165) is 23.8 Å². The Morgan fingerprint density at radius 2 is 1.29 bits per heavy atom. The summed E-state index contributed by atoms with van der Waals surface area (Å²) in [6, 6.07) is 7.82. The number of rotatable bonds is 40. The van der Waals surface area contributed by atoms with Gasteiger partial charge in [0.1, 0.15) is 36.4 Å². The second-order valence-electron chi connectivity index (χ2n) is 19.9. The lowest BCUT2D eigenvalue weighted by Gasteiger charge is -2.41. The SMILES string of the molecule is CC(=O)NCC(=O)NCCOCCOCCOCCOCCC(=O)N[C@@H](CC(N)=O)C(=O)N[C@@H](CCN(C(=O)CO)[C@@H](c1cc(-c2cc(F)ccc2F)cn1Cc1ccccc1)C(C)(C)C)C(=O)NCCC(=O)N[C@H](CCC(=O)O)C(=O)O. The summed E-state index contributed by atoms with van der Waals surface area (Å²) in [7, 11) is 0. The maximum Gasteiger partial charge on any atom is 0.326 e. The van der Waals surface area contributed by atoms with Crippen LogP contribution in [0, 0.1) is 17.0 Å². The van der Waals surface area contributed by atoms with Gasteiger partial charge in [0.25, 0.3) is 0 Å². The van der Waals surface area contributed by atoms with Crippen LogP contribution in [-0.2, 0) is 73.4 Å². The van der Waals surface area contributed by atoms with Crippen LogP contribution in [0.4, 0.5) is 8.78 Å². The molecule has 0 saturated heterocycles. The van der Waals surface area contributed by atoms with Gasteiger partial charge in [0, 0.05) is 75.4 Å². The van der Waals surface area contributed by atoms with Crippen molar-refractivity contribution in [2.75, 3.05) is 85.6 Å². The molecule has 3 rings (SSSR count). The molecular weight excluding hydrogens is 1100 g/mol. The number of aromatic nitrogens is 1. The highest BCUT2D eigenvalue weighted by Crippen LogP contribution is 2.41. The van der Waals surface area contributed by atoms with Crippen LogP contribution in [0.1, 0.15) is 83.5 Å². The number of hydrogen-bond acceptors (Lipinski definition) is 15. The van der Waals surface area contributed by atoms with Crippen molar-refractivity contribution in [1.82, 2.24) is 41.4 Å². The minimum absolute atomic E-state index is 0.0655. The Labute approximate surface area is 478 Å². The molecule has 83 heavy (non-hydrogen) atoms. The summed E-state index contributed by atoms with van der Waals surface area (Å²) < 4.78 is 53.5. The van der Waals surface area contributed by atoms with Gasteiger partial charge < -0.3 is 81.4 Å². The van der Waals surface area contributed by atoms with Crippen LogP contribution in [0.15, 0.2) is 60.8 Å². The molecule has 0 aliphatic rings. The molecule has 0 saturated carbocycles. The minimum Gasteiger partial charge on any atom is -0.481 e. The first-order chi connectivity index (χ1) is 39.4. The molecule has 2 aromatic carbocycles. The number of ether oxygens (including phenoxy) is 4. The van der Waals surface area contributed by atoms with Crippen molar-refractivity contribution in [3.63, 3.8) is 0 Å². The molecule has 0 unspecified atom stereocenters. The highest BCUT2D eigenvalue weighted by atomic mass is 19.1. The third-order valence-corrected chi connectivity index (χ3v) is 12.2. The fourth-order valence-corrected chi connectivity index (χ4v) is 8.26. The van der Waals surface area contributed by atoms with E-state index in [1.165, 1.54) is 11.8 Å². The van der Waals surface area contributed by atoms with Crippen LogP contribution in [0.2, 0.25) is 0 Å². The fraction of sp³-hybridized carbons (Fsp3) is 0.527. The van der Waals surface area contributed by atoms with Gasteiger partial charge in [-0.15, -0.1) is 0 Å². The molecule has 0 spiro atoms. The van der Waals surface area contributed by atoms with Gasteiger partial charge in [-0.05, 0) is 48.1 Å². The average Bonchev–Trinajstić information content (AvgIpc) is 2.61. The Morgan fingerprint density at radius 1 is 0.675 bits per heavy atom. The van der Waals surface area contributed by atoms with Crippen molar-refractivity contribution >= 4 is 59.2 Å². The second-order valence-corrected chi connectivity index (χ2v) is 19.9. The first-order valence-electron chi connectivity index (χ1n) is 26.7. The van der Waals surface area contributed by atoms with Crippen LogP contribution < -0.4 is 37.6 Å². The van der Waals surface area contributed by atoms with Crippen molar-refractivity contribution in [3.8, 4) is 11.1 Å². The predicted octanol–water partition coefficient (Wildman–Crippen LogP) is 0.274. The van der Waals surface area contributed by atoms with E-state index < -0.39 is 140 Å². The molecule has 0 fully saturated rings. The molecule has 458 valence electrons. The van der Waals surface area contributed by atoms with Gasteiger partial charge in [-0.25, -0.2) is 13.6 Å². The number of aliphatic hydroxyl groups excluding tert-OH is 1. The van der Waals surface area contributed by atoms with Crippen molar-refractivity contribution < 1.29 is 91.0 Å². The Morgan fingerprint density at radius 3 is 1.88 bits per heavy atom. The molecule has 26 nitrogen and oxygen atoms in total. The van der Waals surface area contributed by atoms with Crippen molar-refractivity contribution in [2.45, 2.75) is 96.9 Å². The van der Waals surface area contributed by atoms with E-state index in [1.54, 1.807) is 49.7 Å². The van der Waals surface area contributed by atoms with E-state index in [4.69, 9.17) is 29.8 Å². The molecule has 1 heterocycles. The summed E-state index contributed by atoms with van der Waals surface area (Å²) in [6.45, 7) is 6.34. The number of carbonyl (C=O) groups excluding carboxylic acids is 8. The third kappa shape index (κ3) is 26.7. The van der Waals surface area contributed by atoms with Crippen molar-refractivity contribution in [1.29, 1.82) is 0 Å². The molecule has 0 aliphatic carbocycles. The first-order valence-corrected chi connectivity index (χ1v) is 26.7. The highest BCUT2D eigenvalue weighted by Gasteiger charge is 2.38. The lowest BCUT2D eigenvalue weighted by molar-refractivity contribution is -0.143. The highest BCUT2D eigenvalue weighted by molar-refractivity contribution is 5.95. The molecule has 3 aromatic rings. The zero-order valence-corrected chi connectivity index (χ0v) is 47.0. The number of carbonyl (C=O) groups is 10. The number of carboxylic acid groups (broad SMARTS) is 2. The van der Waals surface area contributed by atoms with Gasteiger partial charge in [0.2, 0.25) is 47.3 Å². The number of nitrogens with zero attached hydrogens (tertiary/aromatic N) is 2. The predicted molar refractivity (Wildman–Crippen MR) is 292 cm³/mol. The average molecular weight is 1170 g/mol. The van der Waals surface area contributed by atoms with Crippen molar-refractivity contribution in [2.24, 2.45) is 11.1 Å². The molecule has 1 aromatic heterocycles. The monoisotopic (exact) mass is 1170 g/mol. The number of hydrogen-bond donors (Lipinski definition) is 10. The summed E-state index contributed by atoms with van der Waals surface area (Å²) in [4.78, 5) is 127. The minimum atomic E-state index is -1.66.